The third-order valence-electron chi connectivity index (χ3n) is 8.58. The molecule has 50 heavy (non-hydrogen) atoms. The molecular formula is C34H28F12O4. The fourth-order valence-electron chi connectivity index (χ4n) is 6.26. The maximum Gasteiger partial charge on any atom is 0.527 e. The first-order chi connectivity index (χ1) is 23.4. The number of benzene rings is 3. The van der Waals surface area contributed by atoms with Crippen LogP contribution in [-0.4, -0.2) is 19.6 Å². The van der Waals surface area contributed by atoms with Gasteiger partial charge in [0.25, 0.3) is 0 Å². The standard InChI is InChI=1S/C34H28F12O4/c1-2-3-17-4-6-18(7-5-17)21-15-47-31(48-16-21)19-8-9-23(24(35)10-19)32(40,41)49-22-13-25(36)29(26(37)14-22)20-11-27(38)30(28(39)12-20)33(42,43)50-34(44,45)46/h2-3,8-14,17-18,21,31H,4-7,15-16H2,1H3/b3-2+. The molecule has 0 aromatic heterocycles. The van der Waals surface area contributed by atoms with E-state index in [2.05, 4.69) is 15.5 Å². The molecule has 0 radical (unpaired) electrons. The van der Waals surface area contributed by atoms with Gasteiger partial charge in [-0.3, -0.25) is 0 Å². The maximum absolute atomic E-state index is 15.0. The molecule has 16 heteroatoms. The molecule has 272 valence electrons. The highest BCUT2D eigenvalue weighted by Crippen LogP contribution is 2.43. The van der Waals surface area contributed by atoms with Crippen molar-refractivity contribution in [1.29, 1.82) is 0 Å². The van der Waals surface area contributed by atoms with Crippen molar-refractivity contribution in [2.24, 2.45) is 17.8 Å². The second kappa shape index (κ2) is 14.5. The first kappa shape index (κ1) is 37.5. The summed E-state index contributed by atoms with van der Waals surface area (Å²) in [6.45, 7) is 2.62. The van der Waals surface area contributed by atoms with Crippen molar-refractivity contribution >= 4 is 0 Å². The zero-order chi connectivity index (χ0) is 36.6. The van der Waals surface area contributed by atoms with Gasteiger partial charge >= 0.3 is 18.6 Å². The van der Waals surface area contributed by atoms with E-state index >= 15 is 8.78 Å². The van der Waals surface area contributed by atoms with Crippen LogP contribution in [0, 0.1) is 46.8 Å². The van der Waals surface area contributed by atoms with Gasteiger partial charge in [0.05, 0.1) is 24.3 Å². The van der Waals surface area contributed by atoms with E-state index in [-0.39, 0.29) is 35.7 Å². The zero-order valence-corrected chi connectivity index (χ0v) is 25.9. The highest BCUT2D eigenvalue weighted by atomic mass is 19.4. The van der Waals surface area contributed by atoms with Crippen molar-refractivity contribution in [3.63, 3.8) is 0 Å². The second-order valence-electron chi connectivity index (χ2n) is 12.0. The largest absolute Gasteiger partial charge is 0.527 e. The maximum atomic E-state index is 15.0. The lowest BCUT2D eigenvalue weighted by Crippen LogP contribution is -2.34. The summed E-state index contributed by atoms with van der Waals surface area (Å²) < 4.78 is 186. The first-order valence-corrected chi connectivity index (χ1v) is 15.2. The van der Waals surface area contributed by atoms with E-state index in [1.807, 2.05) is 13.0 Å². The highest BCUT2D eigenvalue weighted by Gasteiger charge is 2.49. The molecule has 2 fully saturated rings. The van der Waals surface area contributed by atoms with Gasteiger partial charge in [-0.2, -0.15) is 17.6 Å². The quantitative estimate of drug-likeness (QED) is 0.162. The van der Waals surface area contributed by atoms with E-state index in [1.54, 1.807) is 0 Å². The van der Waals surface area contributed by atoms with Crippen LogP contribution in [0.4, 0.5) is 52.7 Å². The third kappa shape index (κ3) is 8.40. The molecule has 0 bridgehead atoms. The minimum absolute atomic E-state index is 0.0898. The zero-order valence-electron chi connectivity index (χ0n) is 25.9. The van der Waals surface area contributed by atoms with Crippen LogP contribution in [0.15, 0.2) is 54.6 Å². The fourth-order valence-corrected chi connectivity index (χ4v) is 6.26. The van der Waals surface area contributed by atoms with Crippen molar-refractivity contribution in [1.82, 2.24) is 0 Å². The molecule has 0 N–H and O–H groups in total. The monoisotopic (exact) mass is 728 g/mol. The summed E-state index contributed by atoms with van der Waals surface area (Å²) >= 11 is 0. The number of hydrogen-bond acceptors (Lipinski definition) is 4. The summed E-state index contributed by atoms with van der Waals surface area (Å²) in [5.74, 6) is -9.99. The summed E-state index contributed by atoms with van der Waals surface area (Å²) in [5.41, 5.74) is -6.21. The highest BCUT2D eigenvalue weighted by molar-refractivity contribution is 5.66. The van der Waals surface area contributed by atoms with Crippen molar-refractivity contribution in [3.05, 3.63) is 100 Å². The number of rotatable bonds is 9. The lowest BCUT2D eigenvalue weighted by molar-refractivity contribution is -0.432. The van der Waals surface area contributed by atoms with E-state index < -0.39 is 82.0 Å². The van der Waals surface area contributed by atoms with Crippen molar-refractivity contribution in [3.8, 4) is 16.9 Å². The molecule has 1 saturated carbocycles. The molecule has 0 spiro atoms. The number of halogens is 12. The van der Waals surface area contributed by atoms with E-state index in [1.165, 1.54) is 0 Å². The molecule has 0 amide bonds. The predicted octanol–water partition coefficient (Wildman–Crippen LogP) is 10.8. The Morgan fingerprint density at radius 1 is 0.680 bits per heavy atom. The minimum atomic E-state index is -6.02. The summed E-state index contributed by atoms with van der Waals surface area (Å²) in [5, 5.41) is 0. The molecule has 0 atom stereocenters. The van der Waals surface area contributed by atoms with Gasteiger partial charge in [-0.15, -0.1) is 13.2 Å². The number of alkyl halides is 7. The van der Waals surface area contributed by atoms with Crippen LogP contribution in [0.25, 0.3) is 11.1 Å². The van der Waals surface area contributed by atoms with Crippen molar-refractivity contribution in [2.75, 3.05) is 13.2 Å². The average Bonchev–Trinajstić information content (AvgIpc) is 2.99. The number of ether oxygens (including phenoxy) is 4. The molecular weight excluding hydrogens is 700 g/mol. The van der Waals surface area contributed by atoms with Crippen LogP contribution >= 0.6 is 0 Å². The summed E-state index contributed by atoms with van der Waals surface area (Å²) in [4.78, 5) is 0. The molecule has 1 heterocycles. The first-order valence-electron chi connectivity index (χ1n) is 15.2. The molecule has 4 nitrogen and oxygen atoms in total. The van der Waals surface area contributed by atoms with Gasteiger partial charge in [-0.25, -0.2) is 26.7 Å². The van der Waals surface area contributed by atoms with E-state index in [0.717, 1.165) is 37.8 Å². The van der Waals surface area contributed by atoms with Gasteiger partial charge in [-0.1, -0.05) is 18.2 Å². The lowest BCUT2D eigenvalue weighted by Gasteiger charge is -2.37. The van der Waals surface area contributed by atoms with Crippen LogP contribution in [0.5, 0.6) is 5.75 Å². The molecule has 3 aromatic rings. The smallest absolute Gasteiger partial charge is 0.429 e. The molecule has 5 rings (SSSR count). The summed E-state index contributed by atoms with van der Waals surface area (Å²) in [6, 6.07) is 2.54. The number of hydrogen-bond donors (Lipinski definition) is 0. The molecule has 0 unspecified atom stereocenters. The van der Waals surface area contributed by atoms with Crippen LogP contribution in [-0.2, 0) is 26.4 Å². The Bertz CT molecular complexity index is 1660. The van der Waals surface area contributed by atoms with Crippen LogP contribution in [0.1, 0.15) is 55.6 Å². The average molecular weight is 729 g/mol. The Hall–Kier alpha value is -3.76. The fraction of sp³-hybridized carbons (Fsp3) is 0.412. The molecule has 1 saturated heterocycles. The Kier molecular flexibility index (Phi) is 10.8. The molecule has 1 aliphatic heterocycles. The van der Waals surface area contributed by atoms with Crippen molar-refractivity contribution in [2.45, 2.75) is 57.5 Å². The predicted molar refractivity (Wildman–Crippen MR) is 152 cm³/mol. The minimum Gasteiger partial charge on any atom is -0.429 e. The van der Waals surface area contributed by atoms with Gasteiger partial charge < -0.3 is 14.2 Å². The van der Waals surface area contributed by atoms with Gasteiger partial charge in [0.1, 0.15) is 40.4 Å². The molecule has 3 aromatic carbocycles. The normalized spacial score (nSPS) is 22.3. The van der Waals surface area contributed by atoms with Crippen LogP contribution in [0.2, 0.25) is 0 Å². The van der Waals surface area contributed by atoms with Crippen LogP contribution < -0.4 is 4.74 Å². The topological polar surface area (TPSA) is 36.9 Å². The summed E-state index contributed by atoms with van der Waals surface area (Å²) in [6.07, 6.45) is -8.82. The van der Waals surface area contributed by atoms with Gasteiger partial charge in [-0.05, 0) is 74.3 Å². The Morgan fingerprint density at radius 3 is 1.78 bits per heavy atom. The molecule has 2 aliphatic rings. The molecule has 1 aliphatic carbocycles. The Morgan fingerprint density at radius 2 is 1.26 bits per heavy atom. The lowest BCUT2D eigenvalue weighted by atomic mass is 9.76. The van der Waals surface area contributed by atoms with Gasteiger partial charge in [0.2, 0.25) is 0 Å². The van der Waals surface area contributed by atoms with Gasteiger partial charge in [0.15, 0.2) is 6.29 Å². The van der Waals surface area contributed by atoms with Gasteiger partial charge in [0, 0.05) is 23.6 Å². The van der Waals surface area contributed by atoms with Crippen molar-refractivity contribution < 1.29 is 71.6 Å². The Balaban J connectivity index is 1.27. The summed E-state index contributed by atoms with van der Waals surface area (Å²) in [7, 11) is 0. The number of allylic oxidation sites excluding steroid dienone is 2. The van der Waals surface area contributed by atoms with E-state index in [4.69, 9.17) is 9.47 Å². The van der Waals surface area contributed by atoms with Crippen LogP contribution in [0.3, 0.4) is 0 Å². The third-order valence-corrected chi connectivity index (χ3v) is 8.58. The Labute approximate surface area is 277 Å². The second-order valence-corrected chi connectivity index (χ2v) is 12.0. The SMILES string of the molecule is C/C=C/C1CCC(C2COC(c3ccc(C(F)(F)Oc4cc(F)c(-c5cc(F)c(C(F)(F)OC(F)(F)F)c(F)c5)c(F)c4)c(F)c3)OC2)CC1. The van der Waals surface area contributed by atoms with E-state index in [9.17, 15) is 43.9 Å². The van der Waals surface area contributed by atoms with E-state index in [0.29, 0.717) is 31.1 Å².